The second kappa shape index (κ2) is 5.35. The molecule has 0 saturated heterocycles. The number of hydrogen-bond acceptors (Lipinski definition) is 4. The van der Waals surface area contributed by atoms with Crippen LogP contribution in [0.2, 0.25) is 0 Å². The average Bonchev–Trinajstić information content (AvgIpc) is 2.86. The van der Waals surface area contributed by atoms with Crippen LogP contribution in [0.5, 0.6) is 0 Å². The Bertz CT molecular complexity index is 691. The lowest BCUT2D eigenvalue weighted by Gasteiger charge is -2.28. The maximum absolute atomic E-state index is 12.3. The van der Waals surface area contributed by atoms with Crippen molar-refractivity contribution >= 4 is 17.7 Å². The normalized spacial score (nSPS) is 14.5. The lowest BCUT2D eigenvalue weighted by atomic mass is 9.93. The van der Waals surface area contributed by atoms with E-state index in [9.17, 15) is 9.59 Å². The first kappa shape index (κ1) is 13.3. The molecular formula is C14H14N4O3. The fourth-order valence-corrected chi connectivity index (χ4v) is 2.33. The number of rotatable bonds is 4. The Hall–Kier alpha value is -2.70. The zero-order valence-corrected chi connectivity index (χ0v) is 11.2. The van der Waals surface area contributed by atoms with E-state index < -0.39 is 5.97 Å². The maximum atomic E-state index is 12.3. The topological polar surface area (TPSA) is 97.1 Å². The van der Waals surface area contributed by atoms with Crippen LogP contribution in [0.4, 0.5) is 5.82 Å². The molecule has 0 bridgehead atoms. The fraction of sp³-hybridized carbons (Fsp3) is 0.286. The molecule has 1 aliphatic carbocycles. The van der Waals surface area contributed by atoms with Crippen LogP contribution in [0.3, 0.4) is 0 Å². The first-order chi connectivity index (χ1) is 10.2. The van der Waals surface area contributed by atoms with Gasteiger partial charge in [-0.2, -0.15) is 0 Å². The zero-order valence-electron chi connectivity index (χ0n) is 11.2. The van der Waals surface area contributed by atoms with Crippen molar-refractivity contribution in [2.45, 2.75) is 25.3 Å². The molecule has 0 radical (unpaired) electrons. The van der Waals surface area contributed by atoms with Gasteiger partial charge in [-0.25, -0.2) is 14.8 Å². The third-order valence-corrected chi connectivity index (χ3v) is 3.61. The maximum Gasteiger partial charge on any atom is 0.358 e. The van der Waals surface area contributed by atoms with Crippen LogP contribution in [-0.2, 0) is 0 Å². The van der Waals surface area contributed by atoms with Gasteiger partial charge >= 0.3 is 5.97 Å². The van der Waals surface area contributed by atoms with Crippen LogP contribution < -0.4 is 5.32 Å². The predicted octanol–water partition coefficient (Wildman–Crippen LogP) is 1.95. The highest BCUT2D eigenvalue weighted by molar-refractivity contribution is 6.05. The van der Waals surface area contributed by atoms with E-state index in [0.717, 1.165) is 19.3 Å². The van der Waals surface area contributed by atoms with Gasteiger partial charge in [-0.05, 0) is 31.4 Å². The van der Waals surface area contributed by atoms with Gasteiger partial charge in [0.25, 0.3) is 5.91 Å². The molecule has 1 amide bonds. The van der Waals surface area contributed by atoms with Crippen molar-refractivity contribution in [3.8, 4) is 0 Å². The number of amides is 1. The SMILES string of the molecule is O=C(O)c1nccnc1NC(=O)c1cccn1C1CCC1. The van der Waals surface area contributed by atoms with Crippen LogP contribution in [0.1, 0.15) is 46.3 Å². The highest BCUT2D eigenvalue weighted by Gasteiger charge is 2.24. The number of nitrogens with zero attached hydrogens (tertiary/aromatic N) is 3. The Balaban J connectivity index is 1.84. The van der Waals surface area contributed by atoms with Gasteiger partial charge in [0.05, 0.1) is 0 Å². The van der Waals surface area contributed by atoms with Crippen LogP contribution in [-0.4, -0.2) is 31.5 Å². The number of aromatic carboxylic acids is 1. The van der Waals surface area contributed by atoms with Crippen LogP contribution in [0, 0.1) is 0 Å². The Morgan fingerprint density at radius 3 is 2.71 bits per heavy atom. The lowest BCUT2D eigenvalue weighted by molar-refractivity contribution is 0.0691. The zero-order chi connectivity index (χ0) is 14.8. The molecular weight excluding hydrogens is 272 g/mol. The van der Waals surface area contributed by atoms with E-state index in [1.165, 1.54) is 12.4 Å². The molecule has 2 N–H and O–H groups in total. The van der Waals surface area contributed by atoms with E-state index in [1.807, 2.05) is 16.8 Å². The number of nitrogens with one attached hydrogen (secondary N) is 1. The number of carboxylic acids is 1. The number of carbonyl (C=O) groups is 2. The molecule has 3 rings (SSSR count). The van der Waals surface area contributed by atoms with Crippen molar-refractivity contribution in [2.24, 2.45) is 0 Å². The van der Waals surface area contributed by atoms with Gasteiger partial charge in [-0.1, -0.05) is 0 Å². The van der Waals surface area contributed by atoms with Gasteiger partial charge in [-0.3, -0.25) is 4.79 Å². The van der Waals surface area contributed by atoms with Gasteiger partial charge in [0.2, 0.25) is 0 Å². The summed E-state index contributed by atoms with van der Waals surface area (Å²) in [5.41, 5.74) is 0.231. The van der Waals surface area contributed by atoms with E-state index in [1.54, 1.807) is 6.07 Å². The summed E-state index contributed by atoms with van der Waals surface area (Å²) in [5, 5.41) is 11.6. The largest absolute Gasteiger partial charge is 0.476 e. The third-order valence-electron chi connectivity index (χ3n) is 3.61. The van der Waals surface area contributed by atoms with Gasteiger partial charge in [-0.15, -0.1) is 0 Å². The monoisotopic (exact) mass is 286 g/mol. The molecule has 0 aliphatic heterocycles. The molecule has 0 aromatic carbocycles. The number of carboxylic acid groups (broad SMARTS) is 1. The van der Waals surface area contributed by atoms with Crippen LogP contribution in [0.15, 0.2) is 30.7 Å². The van der Waals surface area contributed by atoms with Crippen molar-refractivity contribution in [2.75, 3.05) is 5.32 Å². The minimum atomic E-state index is -1.23. The average molecular weight is 286 g/mol. The summed E-state index contributed by atoms with van der Waals surface area (Å²) in [6, 6.07) is 3.87. The smallest absolute Gasteiger partial charge is 0.358 e. The molecule has 0 unspecified atom stereocenters. The van der Waals surface area contributed by atoms with Gasteiger partial charge < -0.3 is 15.0 Å². The molecule has 1 fully saturated rings. The fourth-order valence-electron chi connectivity index (χ4n) is 2.33. The molecule has 2 aromatic heterocycles. The van der Waals surface area contributed by atoms with E-state index >= 15 is 0 Å². The van der Waals surface area contributed by atoms with E-state index in [2.05, 4.69) is 15.3 Å². The van der Waals surface area contributed by atoms with E-state index in [4.69, 9.17) is 5.11 Å². The van der Waals surface area contributed by atoms with Crippen molar-refractivity contribution in [1.29, 1.82) is 0 Å². The predicted molar refractivity (Wildman–Crippen MR) is 74.3 cm³/mol. The molecule has 7 heteroatoms. The first-order valence-corrected chi connectivity index (χ1v) is 6.69. The lowest BCUT2D eigenvalue weighted by Crippen LogP contribution is -2.24. The summed E-state index contributed by atoms with van der Waals surface area (Å²) < 4.78 is 1.93. The molecule has 0 spiro atoms. The Morgan fingerprint density at radius 1 is 1.29 bits per heavy atom. The Kier molecular flexibility index (Phi) is 3.39. The molecule has 21 heavy (non-hydrogen) atoms. The molecule has 2 heterocycles. The van der Waals surface area contributed by atoms with Crippen molar-refractivity contribution < 1.29 is 14.7 Å². The van der Waals surface area contributed by atoms with Gasteiger partial charge in [0.1, 0.15) is 5.69 Å². The number of carbonyl (C=O) groups excluding carboxylic acids is 1. The molecule has 108 valence electrons. The Morgan fingerprint density at radius 2 is 2.05 bits per heavy atom. The molecule has 1 aliphatic rings. The third kappa shape index (κ3) is 2.49. The highest BCUT2D eigenvalue weighted by atomic mass is 16.4. The molecule has 7 nitrogen and oxygen atoms in total. The first-order valence-electron chi connectivity index (χ1n) is 6.69. The molecule has 1 saturated carbocycles. The van der Waals surface area contributed by atoms with Crippen LogP contribution >= 0.6 is 0 Å². The summed E-state index contributed by atoms with van der Waals surface area (Å²) in [5.74, 6) is -1.65. The summed E-state index contributed by atoms with van der Waals surface area (Å²) in [6.07, 6.45) is 7.76. The minimum Gasteiger partial charge on any atom is -0.476 e. The summed E-state index contributed by atoms with van der Waals surface area (Å²) in [4.78, 5) is 31.0. The molecule has 0 atom stereocenters. The van der Waals surface area contributed by atoms with Crippen molar-refractivity contribution in [3.63, 3.8) is 0 Å². The van der Waals surface area contributed by atoms with Crippen molar-refractivity contribution in [1.82, 2.24) is 14.5 Å². The summed E-state index contributed by atoms with van der Waals surface area (Å²) in [6.45, 7) is 0. The number of anilines is 1. The van der Waals surface area contributed by atoms with E-state index in [-0.39, 0.29) is 17.4 Å². The quantitative estimate of drug-likeness (QED) is 0.895. The van der Waals surface area contributed by atoms with Crippen molar-refractivity contribution in [3.05, 3.63) is 42.1 Å². The summed E-state index contributed by atoms with van der Waals surface area (Å²) >= 11 is 0. The number of hydrogen-bond donors (Lipinski definition) is 2. The number of aromatic nitrogens is 3. The minimum absolute atomic E-state index is 0.0450. The van der Waals surface area contributed by atoms with Crippen LogP contribution in [0.25, 0.3) is 0 Å². The second-order valence-corrected chi connectivity index (χ2v) is 4.90. The van der Waals surface area contributed by atoms with Gasteiger partial charge in [0, 0.05) is 24.6 Å². The van der Waals surface area contributed by atoms with E-state index in [0.29, 0.717) is 11.7 Å². The summed E-state index contributed by atoms with van der Waals surface area (Å²) in [7, 11) is 0. The highest BCUT2D eigenvalue weighted by Crippen LogP contribution is 2.32. The molecule has 2 aromatic rings. The second-order valence-electron chi connectivity index (χ2n) is 4.90. The Labute approximate surface area is 120 Å². The van der Waals surface area contributed by atoms with Gasteiger partial charge in [0.15, 0.2) is 11.5 Å². The standard InChI is InChI=1S/C14H14N4O3/c19-13(10-5-2-8-18(10)9-3-1-4-9)17-12-11(14(20)21)15-6-7-16-12/h2,5-9H,1,3-4H2,(H,20,21)(H,16,17,19).